The summed E-state index contributed by atoms with van der Waals surface area (Å²) >= 11 is 1.64. The summed E-state index contributed by atoms with van der Waals surface area (Å²) in [6.45, 7) is 1.17. The molecule has 0 bridgehead atoms. The average molecular weight is 236 g/mol. The van der Waals surface area contributed by atoms with Crippen LogP contribution in [0.4, 0.5) is 0 Å². The van der Waals surface area contributed by atoms with Crippen LogP contribution in [0, 0.1) is 0 Å². The standard InChI is InChI=1S/C10H12N4OS/c15-10(3-4-14-8-11-7-13-14)12-6-9-2-1-5-16-9/h1-2,5,7-8H,3-4,6H2,(H,12,15). The van der Waals surface area contributed by atoms with E-state index in [9.17, 15) is 4.79 Å². The van der Waals surface area contributed by atoms with Crippen molar-refractivity contribution in [3.05, 3.63) is 35.0 Å². The molecule has 0 aliphatic carbocycles. The predicted octanol–water partition coefficient (Wildman–Crippen LogP) is 1.05. The zero-order chi connectivity index (χ0) is 11.2. The molecular weight excluding hydrogens is 224 g/mol. The van der Waals surface area contributed by atoms with Crippen LogP contribution in [0.3, 0.4) is 0 Å². The van der Waals surface area contributed by atoms with Crippen molar-refractivity contribution in [2.45, 2.75) is 19.5 Å². The van der Waals surface area contributed by atoms with Crippen LogP contribution in [0.1, 0.15) is 11.3 Å². The Labute approximate surface area is 97.1 Å². The summed E-state index contributed by atoms with van der Waals surface area (Å²) in [4.78, 5) is 16.4. The van der Waals surface area contributed by atoms with Crippen molar-refractivity contribution in [1.29, 1.82) is 0 Å². The largest absolute Gasteiger partial charge is 0.351 e. The molecule has 0 unspecified atom stereocenters. The van der Waals surface area contributed by atoms with E-state index >= 15 is 0 Å². The Balaban J connectivity index is 1.69. The molecule has 1 amide bonds. The molecule has 1 N–H and O–H groups in total. The molecule has 2 aromatic rings. The van der Waals surface area contributed by atoms with Gasteiger partial charge in [-0.1, -0.05) is 6.07 Å². The first kappa shape index (κ1) is 10.8. The number of rotatable bonds is 5. The minimum atomic E-state index is 0.0314. The zero-order valence-corrected chi connectivity index (χ0v) is 9.48. The molecule has 16 heavy (non-hydrogen) atoms. The van der Waals surface area contributed by atoms with Crippen molar-refractivity contribution in [1.82, 2.24) is 20.1 Å². The Kier molecular flexibility index (Phi) is 3.66. The van der Waals surface area contributed by atoms with Crippen LogP contribution >= 0.6 is 11.3 Å². The molecule has 2 aromatic heterocycles. The highest BCUT2D eigenvalue weighted by Gasteiger charge is 2.02. The summed E-state index contributed by atoms with van der Waals surface area (Å²) in [5, 5.41) is 8.78. The molecule has 0 spiro atoms. The topological polar surface area (TPSA) is 59.8 Å². The van der Waals surface area contributed by atoms with Gasteiger partial charge in [-0.15, -0.1) is 11.3 Å². The Morgan fingerprint density at radius 3 is 3.19 bits per heavy atom. The Morgan fingerprint density at radius 2 is 2.50 bits per heavy atom. The average Bonchev–Trinajstić information content (AvgIpc) is 2.96. The smallest absolute Gasteiger partial charge is 0.222 e. The number of thiophene rings is 1. The SMILES string of the molecule is O=C(CCn1cncn1)NCc1cccs1. The van der Waals surface area contributed by atoms with E-state index in [1.807, 2.05) is 17.5 Å². The highest BCUT2D eigenvalue weighted by molar-refractivity contribution is 7.09. The van der Waals surface area contributed by atoms with Gasteiger partial charge in [0.15, 0.2) is 0 Å². The molecule has 84 valence electrons. The molecule has 5 nitrogen and oxygen atoms in total. The number of carbonyl (C=O) groups excluding carboxylic acids is 1. The van der Waals surface area contributed by atoms with E-state index in [0.29, 0.717) is 19.5 Å². The van der Waals surface area contributed by atoms with E-state index in [4.69, 9.17) is 0 Å². The van der Waals surface area contributed by atoms with Gasteiger partial charge in [0.2, 0.25) is 5.91 Å². The first-order valence-electron chi connectivity index (χ1n) is 4.96. The molecule has 2 heterocycles. The Morgan fingerprint density at radius 1 is 1.56 bits per heavy atom. The van der Waals surface area contributed by atoms with Crippen molar-refractivity contribution in [3.63, 3.8) is 0 Å². The van der Waals surface area contributed by atoms with Crippen LogP contribution in [-0.4, -0.2) is 20.7 Å². The molecule has 0 fully saturated rings. The summed E-state index contributed by atoms with van der Waals surface area (Å²) in [5.74, 6) is 0.0314. The highest BCUT2D eigenvalue weighted by atomic mass is 32.1. The van der Waals surface area contributed by atoms with Gasteiger partial charge in [0.05, 0.1) is 13.1 Å². The minimum absolute atomic E-state index is 0.0314. The van der Waals surface area contributed by atoms with Gasteiger partial charge in [-0.25, -0.2) is 4.98 Å². The van der Waals surface area contributed by atoms with Crippen LogP contribution in [0.15, 0.2) is 30.2 Å². The van der Waals surface area contributed by atoms with E-state index in [-0.39, 0.29) is 5.91 Å². The Hall–Kier alpha value is -1.69. The summed E-state index contributed by atoms with van der Waals surface area (Å²) in [6.07, 6.45) is 3.49. The van der Waals surface area contributed by atoms with E-state index in [1.54, 1.807) is 22.3 Å². The second kappa shape index (κ2) is 5.41. The lowest BCUT2D eigenvalue weighted by atomic mass is 10.4. The normalized spacial score (nSPS) is 10.2. The lowest BCUT2D eigenvalue weighted by molar-refractivity contribution is -0.121. The van der Waals surface area contributed by atoms with Crippen LogP contribution in [0.2, 0.25) is 0 Å². The zero-order valence-electron chi connectivity index (χ0n) is 8.67. The number of carbonyl (C=O) groups is 1. The number of hydrogen-bond acceptors (Lipinski definition) is 4. The quantitative estimate of drug-likeness (QED) is 0.844. The van der Waals surface area contributed by atoms with Crippen LogP contribution < -0.4 is 5.32 Å². The predicted molar refractivity (Wildman–Crippen MR) is 60.8 cm³/mol. The molecule has 2 rings (SSSR count). The molecule has 0 aliphatic rings. The fraction of sp³-hybridized carbons (Fsp3) is 0.300. The maximum absolute atomic E-state index is 11.5. The van der Waals surface area contributed by atoms with Crippen molar-refractivity contribution in [2.75, 3.05) is 0 Å². The van der Waals surface area contributed by atoms with Gasteiger partial charge in [-0.3, -0.25) is 9.48 Å². The summed E-state index contributed by atoms with van der Waals surface area (Å²) in [6, 6.07) is 3.98. The lowest BCUT2D eigenvalue weighted by Crippen LogP contribution is -2.23. The highest BCUT2D eigenvalue weighted by Crippen LogP contribution is 2.07. The minimum Gasteiger partial charge on any atom is -0.351 e. The molecular formula is C10H12N4OS. The maximum Gasteiger partial charge on any atom is 0.222 e. The van der Waals surface area contributed by atoms with Gasteiger partial charge in [0.25, 0.3) is 0 Å². The molecule has 0 saturated heterocycles. The van der Waals surface area contributed by atoms with Crippen molar-refractivity contribution in [2.24, 2.45) is 0 Å². The monoisotopic (exact) mass is 236 g/mol. The number of nitrogens with one attached hydrogen (secondary N) is 1. The first-order valence-corrected chi connectivity index (χ1v) is 5.84. The van der Waals surface area contributed by atoms with Gasteiger partial charge >= 0.3 is 0 Å². The number of nitrogens with zero attached hydrogens (tertiary/aromatic N) is 3. The van der Waals surface area contributed by atoms with E-state index in [1.165, 1.54) is 6.33 Å². The third kappa shape index (κ3) is 3.16. The summed E-state index contributed by atoms with van der Waals surface area (Å²) in [7, 11) is 0. The molecule has 0 aromatic carbocycles. The van der Waals surface area contributed by atoms with E-state index < -0.39 is 0 Å². The molecule has 6 heteroatoms. The third-order valence-corrected chi connectivity index (χ3v) is 2.95. The third-order valence-electron chi connectivity index (χ3n) is 2.07. The second-order valence-corrected chi connectivity index (χ2v) is 4.30. The van der Waals surface area contributed by atoms with Crippen molar-refractivity contribution >= 4 is 17.2 Å². The fourth-order valence-corrected chi connectivity index (χ4v) is 1.90. The number of aromatic nitrogens is 3. The fourth-order valence-electron chi connectivity index (χ4n) is 1.25. The first-order chi connectivity index (χ1) is 7.84. The summed E-state index contributed by atoms with van der Waals surface area (Å²) in [5.41, 5.74) is 0. The van der Waals surface area contributed by atoms with Crippen LogP contribution in [-0.2, 0) is 17.9 Å². The number of hydrogen-bond donors (Lipinski definition) is 1. The second-order valence-electron chi connectivity index (χ2n) is 3.26. The molecule has 0 atom stereocenters. The maximum atomic E-state index is 11.5. The number of aryl methyl sites for hydroxylation is 1. The molecule has 0 saturated carbocycles. The van der Waals surface area contributed by atoms with Gasteiger partial charge in [-0.05, 0) is 11.4 Å². The summed E-state index contributed by atoms with van der Waals surface area (Å²) < 4.78 is 1.64. The number of amides is 1. The Bertz CT molecular complexity index is 383. The van der Waals surface area contributed by atoms with Crippen molar-refractivity contribution < 1.29 is 4.79 Å². The van der Waals surface area contributed by atoms with E-state index in [0.717, 1.165) is 4.88 Å². The lowest BCUT2D eigenvalue weighted by Gasteiger charge is -2.03. The van der Waals surface area contributed by atoms with Crippen molar-refractivity contribution in [3.8, 4) is 0 Å². The van der Waals surface area contributed by atoms with Crippen LogP contribution in [0.25, 0.3) is 0 Å². The van der Waals surface area contributed by atoms with Gasteiger partial charge in [0, 0.05) is 11.3 Å². The van der Waals surface area contributed by atoms with E-state index in [2.05, 4.69) is 15.4 Å². The van der Waals surface area contributed by atoms with Gasteiger partial charge < -0.3 is 5.32 Å². The van der Waals surface area contributed by atoms with Gasteiger partial charge in [-0.2, -0.15) is 5.10 Å². The van der Waals surface area contributed by atoms with Crippen LogP contribution in [0.5, 0.6) is 0 Å². The van der Waals surface area contributed by atoms with Gasteiger partial charge in [0.1, 0.15) is 12.7 Å². The molecule has 0 aliphatic heterocycles. The molecule has 0 radical (unpaired) electrons.